The first-order chi connectivity index (χ1) is 15.0. The summed E-state index contributed by atoms with van der Waals surface area (Å²) in [4.78, 5) is 16.0. The van der Waals surface area contributed by atoms with Crippen LogP contribution in [0.3, 0.4) is 0 Å². The molecule has 31 heavy (non-hydrogen) atoms. The number of rotatable bonds is 4. The van der Waals surface area contributed by atoms with Gasteiger partial charge in [-0.3, -0.25) is 4.68 Å². The van der Waals surface area contributed by atoms with Crippen LogP contribution < -0.4 is 10.2 Å². The monoisotopic (exact) mass is 419 g/mol. The molecular weight excluding hydrogens is 397 g/mol. The van der Waals surface area contributed by atoms with Crippen LogP contribution in [0.15, 0.2) is 30.6 Å². The number of phenols is 1. The van der Waals surface area contributed by atoms with Crippen molar-refractivity contribution in [3.8, 4) is 17.0 Å². The molecule has 0 spiro atoms. The minimum absolute atomic E-state index is 0.129. The number of halogens is 1. The molecular formula is C22H22FN7O. The second-order valence-corrected chi connectivity index (χ2v) is 8.47. The second kappa shape index (κ2) is 6.84. The first-order valence-corrected chi connectivity index (χ1v) is 10.5. The van der Waals surface area contributed by atoms with E-state index in [1.165, 1.54) is 23.7 Å². The zero-order chi connectivity index (χ0) is 21.1. The van der Waals surface area contributed by atoms with Crippen molar-refractivity contribution in [3.05, 3.63) is 36.4 Å². The topological polar surface area (TPSA) is 92.0 Å². The molecule has 1 aliphatic carbocycles. The van der Waals surface area contributed by atoms with Crippen molar-refractivity contribution in [1.29, 1.82) is 0 Å². The van der Waals surface area contributed by atoms with Gasteiger partial charge in [0.25, 0.3) is 0 Å². The minimum atomic E-state index is -0.758. The first-order valence-electron chi connectivity index (χ1n) is 10.5. The fraction of sp³-hybridized carbons (Fsp3) is 0.364. The Hall–Kier alpha value is -3.33. The van der Waals surface area contributed by atoms with Gasteiger partial charge in [-0.25, -0.2) is 19.3 Å². The Labute approximate surface area is 177 Å². The third kappa shape index (κ3) is 3.25. The van der Waals surface area contributed by atoms with Crippen molar-refractivity contribution in [1.82, 2.24) is 30.0 Å². The van der Waals surface area contributed by atoms with Gasteiger partial charge in [0.15, 0.2) is 17.2 Å². The number of phenolic OH excluding ortho intramolecular Hbond substituents is 1. The summed E-state index contributed by atoms with van der Waals surface area (Å²) in [6, 6.07) is 6.72. The summed E-state index contributed by atoms with van der Waals surface area (Å²) in [6.45, 7) is 1.91. The highest BCUT2D eigenvalue weighted by Crippen LogP contribution is 2.35. The normalized spacial score (nSPS) is 19.0. The van der Waals surface area contributed by atoms with Crippen molar-refractivity contribution in [3.63, 3.8) is 0 Å². The van der Waals surface area contributed by atoms with E-state index in [4.69, 9.17) is 0 Å². The van der Waals surface area contributed by atoms with Crippen LogP contribution in [0.4, 0.5) is 10.2 Å². The van der Waals surface area contributed by atoms with Crippen molar-refractivity contribution < 1.29 is 9.50 Å². The average molecular weight is 419 g/mol. The highest BCUT2D eigenvalue weighted by atomic mass is 19.1. The number of anilines is 1. The summed E-state index contributed by atoms with van der Waals surface area (Å²) in [5.41, 5.74) is 1.93. The molecule has 8 nitrogen and oxygen atoms in total. The average Bonchev–Trinajstić information content (AvgIpc) is 3.32. The van der Waals surface area contributed by atoms with Gasteiger partial charge in [-0.2, -0.15) is 5.10 Å². The van der Waals surface area contributed by atoms with Crippen molar-refractivity contribution >= 4 is 27.9 Å². The van der Waals surface area contributed by atoms with Crippen LogP contribution in [0.25, 0.3) is 33.3 Å². The Balaban J connectivity index is 1.32. The van der Waals surface area contributed by atoms with Crippen LogP contribution in [0, 0.1) is 5.82 Å². The predicted octanol–water partition coefficient (Wildman–Crippen LogP) is 2.75. The molecule has 0 radical (unpaired) electrons. The molecule has 1 aliphatic heterocycles. The van der Waals surface area contributed by atoms with E-state index in [0.717, 1.165) is 25.3 Å². The van der Waals surface area contributed by atoms with Crippen LogP contribution in [0.5, 0.6) is 5.75 Å². The number of benzene rings is 1. The summed E-state index contributed by atoms with van der Waals surface area (Å²) in [7, 11) is 1.71. The molecule has 9 heteroatoms. The molecule has 1 saturated heterocycles. The van der Waals surface area contributed by atoms with E-state index >= 15 is 0 Å². The standard InChI is InChI=1S/C22H22FN7O/c1-29-10-12-8-15(21(31)19(23)20(12)28-29)17-9-24-22-16(26-17)4-5-18(27-22)30-7-6-14(11-30)25-13-2-3-13/h4-5,8-10,13-14,25,31H,2-3,6-7,11H2,1H3/t14-/m0/s1. The lowest BCUT2D eigenvalue weighted by Gasteiger charge is -2.18. The SMILES string of the molecule is Cn1cc2cc(-c3cnc4nc(N5CC[C@H](NC6CC6)C5)ccc4n3)c(O)c(F)c2n1. The van der Waals surface area contributed by atoms with Crippen LogP contribution in [0.2, 0.25) is 0 Å². The zero-order valence-electron chi connectivity index (χ0n) is 17.1. The van der Waals surface area contributed by atoms with E-state index < -0.39 is 11.6 Å². The molecule has 158 valence electrons. The maximum absolute atomic E-state index is 14.6. The number of aromatic nitrogens is 5. The van der Waals surface area contributed by atoms with Gasteiger partial charge in [-0.05, 0) is 37.5 Å². The summed E-state index contributed by atoms with van der Waals surface area (Å²) < 4.78 is 16.1. The Kier molecular flexibility index (Phi) is 4.07. The highest BCUT2D eigenvalue weighted by molar-refractivity contribution is 5.88. The number of pyridine rings is 1. The molecule has 1 atom stereocenters. The van der Waals surface area contributed by atoms with E-state index in [0.29, 0.717) is 34.3 Å². The molecule has 1 aromatic carbocycles. The van der Waals surface area contributed by atoms with Gasteiger partial charge >= 0.3 is 0 Å². The maximum Gasteiger partial charge on any atom is 0.193 e. The van der Waals surface area contributed by atoms with E-state index in [1.807, 2.05) is 12.1 Å². The molecule has 4 aromatic rings. The Morgan fingerprint density at radius 3 is 2.87 bits per heavy atom. The quantitative estimate of drug-likeness (QED) is 0.525. The first kappa shape index (κ1) is 18.4. The zero-order valence-corrected chi connectivity index (χ0v) is 17.1. The molecule has 6 rings (SSSR count). The number of nitrogens with one attached hydrogen (secondary N) is 1. The van der Waals surface area contributed by atoms with Crippen LogP contribution >= 0.6 is 0 Å². The van der Waals surface area contributed by atoms with Gasteiger partial charge < -0.3 is 15.3 Å². The van der Waals surface area contributed by atoms with Gasteiger partial charge in [0.2, 0.25) is 0 Å². The van der Waals surface area contributed by atoms with Gasteiger partial charge in [0.1, 0.15) is 16.9 Å². The Morgan fingerprint density at radius 1 is 1.16 bits per heavy atom. The van der Waals surface area contributed by atoms with Crippen LogP contribution in [0.1, 0.15) is 19.3 Å². The second-order valence-electron chi connectivity index (χ2n) is 8.47. The number of nitrogens with zero attached hydrogens (tertiary/aromatic N) is 6. The molecule has 2 fully saturated rings. The number of hydrogen-bond acceptors (Lipinski definition) is 7. The lowest BCUT2D eigenvalue weighted by molar-refractivity contribution is 0.437. The smallest absolute Gasteiger partial charge is 0.193 e. The predicted molar refractivity (Wildman–Crippen MR) is 115 cm³/mol. The summed E-state index contributed by atoms with van der Waals surface area (Å²) >= 11 is 0. The van der Waals surface area contributed by atoms with Gasteiger partial charge in [-0.1, -0.05) is 0 Å². The van der Waals surface area contributed by atoms with Crippen LogP contribution in [-0.2, 0) is 7.05 Å². The molecule has 1 saturated carbocycles. The highest BCUT2D eigenvalue weighted by Gasteiger charge is 2.29. The summed E-state index contributed by atoms with van der Waals surface area (Å²) in [5.74, 6) is -0.345. The van der Waals surface area contributed by atoms with E-state index in [9.17, 15) is 9.50 Å². The summed E-state index contributed by atoms with van der Waals surface area (Å²) in [5, 5.41) is 18.7. The van der Waals surface area contributed by atoms with Crippen molar-refractivity contribution in [2.24, 2.45) is 7.05 Å². The molecule has 0 amide bonds. The third-order valence-electron chi connectivity index (χ3n) is 6.05. The van der Waals surface area contributed by atoms with Gasteiger partial charge in [0, 0.05) is 49.4 Å². The third-order valence-corrected chi connectivity index (χ3v) is 6.05. The van der Waals surface area contributed by atoms with Crippen molar-refractivity contribution in [2.45, 2.75) is 31.3 Å². The van der Waals surface area contributed by atoms with Gasteiger partial charge in [-0.15, -0.1) is 0 Å². The fourth-order valence-corrected chi connectivity index (χ4v) is 4.32. The molecule has 2 N–H and O–H groups in total. The molecule has 0 bridgehead atoms. The maximum atomic E-state index is 14.6. The number of aryl methyl sites for hydroxylation is 1. The van der Waals surface area contributed by atoms with E-state index in [2.05, 4.69) is 30.3 Å². The molecule has 2 aliphatic rings. The van der Waals surface area contributed by atoms with E-state index in [-0.39, 0.29) is 11.1 Å². The largest absolute Gasteiger partial charge is 0.504 e. The fourth-order valence-electron chi connectivity index (χ4n) is 4.32. The Bertz CT molecular complexity index is 1320. The Morgan fingerprint density at radius 2 is 2.03 bits per heavy atom. The summed E-state index contributed by atoms with van der Waals surface area (Å²) in [6.07, 6.45) is 6.91. The number of fused-ring (bicyclic) bond motifs is 2. The lowest BCUT2D eigenvalue weighted by atomic mass is 10.1. The van der Waals surface area contributed by atoms with Gasteiger partial charge in [0.05, 0.1) is 11.9 Å². The molecule has 3 aromatic heterocycles. The molecule has 4 heterocycles. The van der Waals surface area contributed by atoms with Crippen LogP contribution in [-0.4, -0.2) is 55.0 Å². The van der Waals surface area contributed by atoms with E-state index in [1.54, 1.807) is 19.3 Å². The number of aromatic hydroxyl groups is 1. The lowest BCUT2D eigenvalue weighted by Crippen LogP contribution is -2.34. The molecule has 0 unspecified atom stereocenters. The number of hydrogen-bond donors (Lipinski definition) is 2. The minimum Gasteiger partial charge on any atom is -0.504 e. The van der Waals surface area contributed by atoms with Crippen molar-refractivity contribution in [2.75, 3.05) is 18.0 Å².